The number of rotatable bonds is 5. The molecule has 3 aromatic rings. The lowest BCUT2D eigenvalue weighted by Gasteiger charge is -2.31. The van der Waals surface area contributed by atoms with E-state index < -0.39 is 0 Å². The van der Waals surface area contributed by atoms with Crippen molar-refractivity contribution in [2.24, 2.45) is 5.92 Å². The van der Waals surface area contributed by atoms with Gasteiger partial charge in [0.2, 0.25) is 0 Å². The van der Waals surface area contributed by atoms with Crippen molar-refractivity contribution in [3.05, 3.63) is 46.6 Å². The van der Waals surface area contributed by atoms with Gasteiger partial charge in [0, 0.05) is 19.0 Å². The predicted octanol–water partition coefficient (Wildman–Crippen LogP) is 2.36. The van der Waals surface area contributed by atoms with Crippen LogP contribution in [0.3, 0.4) is 0 Å². The number of Topliss-reactive ketones (excluding diaryl/α,β-unsaturated/α-hetero) is 1. The molecule has 0 unspecified atom stereocenters. The largest absolute Gasteiger partial charge is 0.497 e. The Balaban J connectivity index is 1.52. The number of aryl methyl sites for hydroxylation is 1. The number of carbonyl (C=O) groups excluding carboxylic acids is 2. The minimum absolute atomic E-state index is 0.0936. The van der Waals surface area contributed by atoms with Gasteiger partial charge in [0.1, 0.15) is 16.4 Å². The van der Waals surface area contributed by atoms with Crippen LogP contribution in [0, 0.1) is 12.8 Å². The predicted molar refractivity (Wildman–Crippen MR) is 112 cm³/mol. The highest BCUT2D eigenvalue weighted by Gasteiger charge is 2.32. The third-order valence-corrected chi connectivity index (χ3v) is 6.13. The average Bonchev–Trinajstić information content (AvgIpc) is 3.38. The zero-order chi connectivity index (χ0) is 21.3. The second-order valence-corrected chi connectivity index (χ2v) is 7.95. The molecule has 0 aliphatic carbocycles. The summed E-state index contributed by atoms with van der Waals surface area (Å²) in [4.78, 5) is 28.2. The molecule has 0 bridgehead atoms. The number of hydrogen-bond donors (Lipinski definition) is 1. The molecule has 1 fully saturated rings. The molecule has 1 aliphatic heterocycles. The Bertz CT molecular complexity index is 1070. The lowest BCUT2D eigenvalue weighted by Crippen LogP contribution is -2.42. The van der Waals surface area contributed by atoms with Gasteiger partial charge in [-0.1, -0.05) is 4.49 Å². The molecule has 9 nitrogen and oxygen atoms in total. The third kappa shape index (κ3) is 3.65. The lowest BCUT2D eigenvalue weighted by molar-refractivity contribution is 0.0640. The van der Waals surface area contributed by atoms with Gasteiger partial charge >= 0.3 is 0 Å². The van der Waals surface area contributed by atoms with Crippen LogP contribution in [0.25, 0.3) is 5.69 Å². The zero-order valence-corrected chi connectivity index (χ0v) is 17.6. The molecule has 2 aromatic heterocycles. The quantitative estimate of drug-likeness (QED) is 0.623. The number of benzene rings is 1. The highest BCUT2D eigenvalue weighted by atomic mass is 32.1. The Kier molecular flexibility index (Phi) is 5.49. The van der Waals surface area contributed by atoms with Gasteiger partial charge in [0.15, 0.2) is 5.78 Å². The van der Waals surface area contributed by atoms with Gasteiger partial charge in [-0.3, -0.25) is 9.59 Å². The van der Waals surface area contributed by atoms with E-state index in [1.807, 2.05) is 12.1 Å². The number of methoxy groups -OCH3 is 1. The normalized spacial score (nSPS) is 16.5. The van der Waals surface area contributed by atoms with Gasteiger partial charge in [-0.05, 0) is 55.6 Å². The first-order valence-corrected chi connectivity index (χ1v) is 10.4. The summed E-state index contributed by atoms with van der Waals surface area (Å²) in [6.07, 6.45) is 2.95. The second kappa shape index (κ2) is 8.23. The minimum atomic E-state index is -0.320. The molecule has 10 heteroatoms. The Hall–Kier alpha value is -3.27. The molecule has 156 valence electrons. The van der Waals surface area contributed by atoms with E-state index in [-0.39, 0.29) is 23.4 Å². The fourth-order valence-electron chi connectivity index (χ4n) is 3.64. The highest BCUT2D eigenvalue weighted by Crippen LogP contribution is 2.27. The van der Waals surface area contributed by atoms with Crippen molar-refractivity contribution < 1.29 is 14.3 Å². The van der Waals surface area contributed by atoms with E-state index in [0.29, 0.717) is 35.6 Å². The van der Waals surface area contributed by atoms with E-state index in [4.69, 9.17) is 10.5 Å². The van der Waals surface area contributed by atoms with E-state index >= 15 is 0 Å². The summed E-state index contributed by atoms with van der Waals surface area (Å²) < 4.78 is 10.5. The fraction of sp³-hybridized carbons (Fsp3) is 0.350. The van der Waals surface area contributed by atoms with Gasteiger partial charge in [-0.2, -0.15) is 5.10 Å². The van der Waals surface area contributed by atoms with Crippen LogP contribution < -0.4 is 10.5 Å². The summed E-state index contributed by atoms with van der Waals surface area (Å²) in [5.74, 6) is 0.473. The minimum Gasteiger partial charge on any atom is -0.497 e. The average molecular weight is 427 g/mol. The molecule has 3 heterocycles. The molecule has 4 rings (SSSR count). The van der Waals surface area contributed by atoms with E-state index in [2.05, 4.69) is 14.7 Å². The maximum Gasteiger partial charge on any atom is 0.267 e. The number of amides is 1. The maximum atomic E-state index is 13.2. The molecule has 1 saturated heterocycles. The molecular formula is C20H22N6O3S. The molecule has 0 radical (unpaired) electrons. The first kappa shape index (κ1) is 20.0. The molecule has 1 amide bonds. The number of nitrogen functional groups attached to an aromatic ring is 1. The van der Waals surface area contributed by atoms with Crippen LogP contribution in [0.5, 0.6) is 5.75 Å². The standard InChI is InChI=1S/C20H22N6O3S/c1-12-18(30-24-23-12)20(28)25-9-3-4-13(11-25)17(27)16-10-22-26(19(16)21)14-5-7-15(29-2)8-6-14/h5-8,10,13H,3-4,9,11,21H2,1-2H3/t13-/m0/s1. The topological polar surface area (TPSA) is 116 Å². The number of carbonyl (C=O) groups is 2. The SMILES string of the molecule is COc1ccc(-n2ncc(C(=O)[C@H]3CCCN(C(=O)c4snnc4C)C3)c2N)cc1. The lowest BCUT2D eigenvalue weighted by atomic mass is 9.90. The Morgan fingerprint density at radius 1 is 1.27 bits per heavy atom. The van der Waals surface area contributed by atoms with Crippen LogP contribution >= 0.6 is 11.5 Å². The van der Waals surface area contributed by atoms with Gasteiger partial charge in [0.05, 0.1) is 30.3 Å². The molecule has 2 N–H and O–H groups in total. The summed E-state index contributed by atoms with van der Waals surface area (Å²) in [6.45, 7) is 2.72. The van der Waals surface area contributed by atoms with Crippen LogP contribution in [0.15, 0.2) is 30.5 Å². The van der Waals surface area contributed by atoms with Gasteiger partial charge in [-0.15, -0.1) is 5.10 Å². The third-order valence-electron chi connectivity index (χ3n) is 5.31. The number of aromatic nitrogens is 4. The van der Waals surface area contributed by atoms with Crippen LogP contribution in [-0.4, -0.2) is 56.2 Å². The van der Waals surface area contributed by atoms with Crippen molar-refractivity contribution in [2.75, 3.05) is 25.9 Å². The highest BCUT2D eigenvalue weighted by molar-refractivity contribution is 7.07. The summed E-state index contributed by atoms with van der Waals surface area (Å²) in [5, 5.41) is 8.21. The fourth-order valence-corrected chi connectivity index (χ4v) is 4.27. The monoisotopic (exact) mass is 426 g/mol. The van der Waals surface area contributed by atoms with Gasteiger partial charge in [0.25, 0.3) is 5.91 Å². The number of piperidine rings is 1. The van der Waals surface area contributed by atoms with Crippen LogP contribution in [0.1, 0.15) is 38.6 Å². The summed E-state index contributed by atoms with van der Waals surface area (Å²) >= 11 is 1.08. The number of anilines is 1. The van der Waals surface area contributed by atoms with E-state index in [1.165, 1.54) is 10.9 Å². The van der Waals surface area contributed by atoms with E-state index in [9.17, 15) is 9.59 Å². The van der Waals surface area contributed by atoms with E-state index in [1.54, 1.807) is 31.1 Å². The smallest absolute Gasteiger partial charge is 0.267 e. The molecule has 0 spiro atoms. The Labute approximate surface area is 177 Å². The van der Waals surface area contributed by atoms with Crippen molar-refractivity contribution >= 4 is 29.0 Å². The van der Waals surface area contributed by atoms with Crippen molar-refractivity contribution in [3.63, 3.8) is 0 Å². The summed E-state index contributed by atoms with van der Waals surface area (Å²) in [5.41, 5.74) is 7.98. The molecule has 1 aliphatic rings. The van der Waals surface area contributed by atoms with Crippen LogP contribution in [0.4, 0.5) is 5.82 Å². The number of likely N-dealkylation sites (tertiary alicyclic amines) is 1. The van der Waals surface area contributed by atoms with Crippen LogP contribution in [0.2, 0.25) is 0 Å². The van der Waals surface area contributed by atoms with Crippen molar-refractivity contribution in [1.82, 2.24) is 24.3 Å². The Morgan fingerprint density at radius 2 is 2.03 bits per heavy atom. The van der Waals surface area contributed by atoms with Gasteiger partial charge in [-0.25, -0.2) is 4.68 Å². The number of nitrogens with zero attached hydrogens (tertiary/aromatic N) is 5. The molecule has 30 heavy (non-hydrogen) atoms. The van der Waals surface area contributed by atoms with E-state index in [0.717, 1.165) is 29.4 Å². The molecular weight excluding hydrogens is 404 g/mol. The van der Waals surface area contributed by atoms with Gasteiger partial charge < -0.3 is 15.4 Å². The maximum absolute atomic E-state index is 13.2. The summed E-state index contributed by atoms with van der Waals surface area (Å²) in [6, 6.07) is 7.25. The summed E-state index contributed by atoms with van der Waals surface area (Å²) in [7, 11) is 1.60. The van der Waals surface area contributed by atoms with Crippen molar-refractivity contribution in [2.45, 2.75) is 19.8 Å². The van der Waals surface area contributed by atoms with Crippen LogP contribution in [-0.2, 0) is 0 Å². The molecule has 1 aromatic carbocycles. The number of ketones is 1. The van der Waals surface area contributed by atoms with Crippen molar-refractivity contribution in [3.8, 4) is 11.4 Å². The number of nitrogens with two attached hydrogens (primary N) is 1. The number of hydrogen-bond acceptors (Lipinski definition) is 8. The number of ether oxygens (including phenoxy) is 1. The first-order valence-electron chi connectivity index (χ1n) is 9.60. The second-order valence-electron chi connectivity index (χ2n) is 7.20. The van der Waals surface area contributed by atoms with Crippen molar-refractivity contribution in [1.29, 1.82) is 0 Å². The zero-order valence-electron chi connectivity index (χ0n) is 16.7. The molecule has 1 atom stereocenters. The first-order chi connectivity index (χ1) is 14.5. The molecule has 0 saturated carbocycles. The Morgan fingerprint density at radius 3 is 2.70 bits per heavy atom.